The molecule has 148 valence electrons. The zero-order valence-corrected chi connectivity index (χ0v) is 16.1. The van der Waals surface area contributed by atoms with Gasteiger partial charge in [0.2, 0.25) is 5.91 Å². The lowest BCUT2D eigenvalue weighted by Crippen LogP contribution is -3.14. The van der Waals surface area contributed by atoms with Gasteiger partial charge in [-0.2, -0.15) is 0 Å². The first-order chi connectivity index (χ1) is 12.9. The summed E-state index contributed by atoms with van der Waals surface area (Å²) in [6.07, 6.45) is 1.52. The molecule has 0 spiro atoms. The molecule has 7 nitrogen and oxygen atoms in total. The van der Waals surface area contributed by atoms with E-state index in [1.807, 2.05) is 18.2 Å². The van der Waals surface area contributed by atoms with E-state index in [-0.39, 0.29) is 29.7 Å². The van der Waals surface area contributed by atoms with Crippen LogP contribution in [0.1, 0.15) is 38.3 Å². The second kappa shape index (κ2) is 8.61. The molecule has 2 aliphatic rings. The van der Waals surface area contributed by atoms with Crippen molar-refractivity contribution in [1.82, 2.24) is 5.32 Å². The van der Waals surface area contributed by atoms with Crippen LogP contribution in [0.3, 0.4) is 0 Å². The molecule has 0 radical (unpaired) electrons. The van der Waals surface area contributed by atoms with Gasteiger partial charge in [-0.3, -0.25) is 9.59 Å². The number of ether oxygens (including phenoxy) is 2. The largest absolute Gasteiger partial charge is 0.486 e. The Kier molecular flexibility index (Phi) is 6.21. The lowest BCUT2D eigenvalue weighted by atomic mass is 9.95. The minimum atomic E-state index is -0.225. The summed E-state index contributed by atoms with van der Waals surface area (Å²) < 4.78 is 11.2. The molecule has 1 saturated heterocycles. The highest BCUT2D eigenvalue weighted by Crippen LogP contribution is 2.34. The second-order valence-electron chi connectivity index (χ2n) is 7.80. The Bertz CT molecular complexity index is 684. The van der Waals surface area contributed by atoms with Gasteiger partial charge in [0.15, 0.2) is 18.0 Å². The van der Waals surface area contributed by atoms with Crippen molar-refractivity contribution in [2.75, 3.05) is 32.8 Å². The van der Waals surface area contributed by atoms with E-state index in [9.17, 15) is 9.59 Å². The number of hydrogen-bond donors (Lipinski definition) is 3. The third-order valence-corrected chi connectivity index (χ3v) is 5.41. The molecular formula is C20H30N3O4+. The van der Waals surface area contributed by atoms with Crippen molar-refractivity contribution in [3.63, 3.8) is 0 Å². The number of rotatable bonds is 6. The Morgan fingerprint density at radius 2 is 1.85 bits per heavy atom. The highest BCUT2D eigenvalue weighted by Gasteiger charge is 2.28. The smallest absolute Gasteiger partial charge is 0.275 e. The molecule has 0 saturated carbocycles. The van der Waals surface area contributed by atoms with Crippen LogP contribution in [0.25, 0.3) is 0 Å². The van der Waals surface area contributed by atoms with Crippen LogP contribution in [0.2, 0.25) is 0 Å². The number of amides is 2. The van der Waals surface area contributed by atoms with Gasteiger partial charge in [-0.25, -0.2) is 0 Å². The number of carbonyl (C=O) groups excluding carboxylic acids is 2. The fourth-order valence-corrected chi connectivity index (χ4v) is 3.83. The Balaban J connectivity index is 1.60. The molecule has 0 aromatic heterocycles. The zero-order chi connectivity index (χ0) is 19.4. The minimum Gasteiger partial charge on any atom is -0.486 e. The van der Waals surface area contributed by atoms with Crippen molar-refractivity contribution in [3.05, 3.63) is 23.8 Å². The predicted molar refractivity (Wildman–Crippen MR) is 101 cm³/mol. The molecule has 1 aromatic carbocycles. The van der Waals surface area contributed by atoms with Crippen molar-refractivity contribution in [3.8, 4) is 11.5 Å². The van der Waals surface area contributed by atoms with Crippen LogP contribution in [0, 0.1) is 11.8 Å². The van der Waals surface area contributed by atoms with E-state index in [4.69, 9.17) is 15.2 Å². The van der Waals surface area contributed by atoms with Gasteiger partial charge in [0.1, 0.15) is 13.2 Å². The number of carbonyl (C=O) groups is 2. The van der Waals surface area contributed by atoms with Crippen LogP contribution >= 0.6 is 0 Å². The molecule has 1 fully saturated rings. The van der Waals surface area contributed by atoms with Crippen LogP contribution in [0.5, 0.6) is 11.5 Å². The summed E-state index contributed by atoms with van der Waals surface area (Å²) in [6, 6.07) is 5.77. The van der Waals surface area contributed by atoms with Gasteiger partial charge in [-0.15, -0.1) is 0 Å². The molecule has 1 atom stereocenters. The molecule has 3 rings (SSSR count). The summed E-state index contributed by atoms with van der Waals surface area (Å²) in [6.45, 7) is 7.31. The summed E-state index contributed by atoms with van der Waals surface area (Å²) in [7, 11) is 0. The van der Waals surface area contributed by atoms with Gasteiger partial charge in [-0.1, -0.05) is 19.9 Å². The third kappa shape index (κ3) is 4.91. The number of fused-ring (bicyclic) bond motifs is 1. The topological polar surface area (TPSA) is 95.1 Å². The van der Waals surface area contributed by atoms with Crippen LogP contribution in [0.15, 0.2) is 18.2 Å². The molecule has 0 bridgehead atoms. The Morgan fingerprint density at radius 1 is 1.19 bits per heavy atom. The molecule has 2 aliphatic heterocycles. The first kappa shape index (κ1) is 19.5. The zero-order valence-electron chi connectivity index (χ0n) is 16.1. The summed E-state index contributed by atoms with van der Waals surface area (Å²) in [4.78, 5) is 25.1. The molecular weight excluding hydrogens is 346 g/mol. The SMILES string of the molecule is CC(C)[C@H](NC(=O)C[NH+]1CCC(C(N)=O)CC1)c1ccc2c(c1)OCCO2. The molecule has 4 N–H and O–H groups in total. The lowest BCUT2D eigenvalue weighted by molar-refractivity contribution is -0.897. The molecule has 7 heteroatoms. The molecule has 1 aromatic rings. The van der Waals surface area contributed by atoms with Crippen molar-refractivity contribution in [2.45, 2.75) is 32.7 Å². The molecule has 2 amide bonds. The molecule has 0 unspecified atom stereocenters. The third-order valence-electron chi connectivity index (χ3n) is 5.41. The van der Waals surface area contributed by atoms with Crippen molar-refractivity contribution in [1.29, 1.82) is 0 Å². The average molecular weight is 376 g/mol. The maximum absolute atomic E-state index is 12.6. The van der Waals surface area contributed by atoms with Crippen LogP contribution in [0.4, 0.5) is 0 Å². The number of hydrogen-bond acceptors (Lipinski definition) is 4. The van der Waals surface area contributed by atoms with E-state index in [2.05, 4.69) is 19.2 Å². The maximum Gasteiger partial charge on any atom is 0.275 e. The number of piperidine rings is 1. The van der Waals surface area contributed by atoms with Gasteiger partial charge in [0, 0.05) is 18.8 Å². The Morgan fingerprint density at radius 3 is 2.48 bits per heavy atom. The number of primary amides is 1. The van der Waals surface area contributed by atoms with Crippen LogP contribution < -0.4 is 25.4 Å². The number of nitrogens with one attached hydrogen (secondary N) is 2. The standard InChI is InChI=1S/C20H29N3O4/c1-13(2)19(15-3-4-16-17(11-15)27-10-9-26-16)22-18(24)12-23-7-5-14(6-8-23)20(21)25/h3-4,11,13-14,19H,5-10,12H2,1-2H3,(H2,21,25)(H,22,24)/p+1/t19-/m0/s1. The first-order valence-corrected chi connectivity index (χ1v) is 9.76. The quantitative estimate of drug-likeness (QED) is 0.654. The number of nitrogens with two attached hydrogens (primary N) is 1. The summed E-state index contributed by atoms with van der Waals surface area (Å²) in [5, 5.41) is 3.17. The first-order valence-electron chi connectivity index (χ1n) is 9.76. The van der Waals surface area contributed by atoms with E-state index in [0.717, 1.165) is 43.0 Å². The normalized spacial score (nSPS) is 22.9. The molecule has 0 aliphatic carbocycles. The number of benzene rings is 1. The summed E-state index contributed by atoms with van der Waals surface area (Å²) in [5.74, 6) is 1.48. The minimum absolute atomic E-state index is 0.0242. The van der Waals surface area contributed by atoms with E-state index < -0.39 is 0 Å². The number of quaternary nitrogens is 1. The van der Waals surface area contributed by atoms with Crippen LogP contribution in [-0.2, 0) is 9.59 Å². The van der Waals surface area contributed by atoms with Crippen molar-refractivity contribution >= 4 is 11.8 Å². The van der Waals surface area contributed by atoms with E-state index in [1.165, 1.54) is 4.90 Å². The molecule has 2 heterocycles. The van der Waals surface area contributed by atoms with Gasteiger partial charge in [0.25, 0.3) is 5.91 Å². The van der Waals surface area contributed by atoms with Crippen molar-refractivity contribution < 1.29 is 24.0 Å². The van der Waals surface area contributed by atoms with Gasteiger partial charge in [0.05, 0.1) is 19.1 Å². The lowest BCUT2D eigenvalue weighted by Gasteiger charge is -2.29. The predicted octanol–water partition coefficient (Wildman–Crippen LogP) is 0.0513. The Hall–Kier alpha value is -2.28. The monoisotopic (exact) mass is 376 g/mol. The maximum atomic E-state index is 12.6. The van der Waals surface area contributed by atoms with E-state index in [1.54, 1.807) is 0 Å². The van der Waals surface area contributed by atoms with Gasteiger partial charge in [-0.05, 0) is 23.6 Å². The Labute approximate surface area is 160 Å². The second-order valence-corrected chi connectivity index (χ2v) is 7.80. The number of likely N-dealkylation sites (tertiary alicyclic amines) is 1. The summed E-state index contributed by atoms with van der Waals surface area (Å²) in [5.41, 5.74) is 6.40. The highest BCUT2D eigenvalue weighted by atomic mass is 16.6. The fraction of sp³-hybridized carbons (Fsp3) is 0.600. The average Bonchev–Trinajstić information content (AvgIpc) is 2.66. The van der Waals surface area contributed by atoms with Gasteiger partial charge < -0.3 is 25.4 Å². The fourth-order valence-electron chi connectivity index (χ4n) is 3.83. The molecule has 27 heavy (non-hydrogen) atoms. The van der Waals surface area contributed by atoms with Gasteiger partial charge >= 0.3 is 0 Å². The van der Waals surface area contributed by atoms with Crippen molar-refractivity contribution in [2.24, 2.45) is 17.6 Å². The van der Waals surface area contributed by atoms with E-state index in [0.29, 0.717) is 19.8 Å². The summed E-state index contributed by atoms with van der Waals surface area (Å²) >= 11 is 0. The highest BCUT2D eigenvalue weighted by molar-refractivity contribution is 5.78. The van der Waals surface area contributed by atoms with Crippen LogP contribution in [-0.4, -0.2) is 44.7 Å². The van der Waals surface area contributed by atoms with E-state index >= 15 is 0 Å².